The van der Waals surface area contributed by atoms with Gasteiger partial charge in [0.2, 0.25) is 0 Å². The lowest BCUT2D eigenvalue weighted by atomic mass is 10.2. The summed E-state index contributed by atoms with van der Waals surface area (Å²) in [5.74, 6) is -1.07. The lowest BCUT2D eigenvalue weighted by Gasteiger charge is -1.94. The number of aromatic nitrogens is 1. The second-order valence-electron chi connectivity index (χ2n) is 3.54. The zero-order chi connectivity index (χ0) is 13.8. The van der Waals surface area contributed by atoms with E-state index in [1.54, 1.807) is 6.08 Å². The number of aromatic carboxylic acids is 1. The van der Waals surface area contributed by atoms with Crippen LogP contribution in [0.25, 0.3) is 12.2 Å². The fourth-order valence-electron chi connectivity index (χ4n) is 1.33. The molecular formula is C12H8N2O5. The van der Waals surface area contributed by atoms with Gasteiger partial charge in [-0.2, -0.15) is 0 Å². The Morgan fingerprint density at radius 2 is 2.11 bits per heavy atom. The molecule has 19 heavy (non-hydrogen) atoms. The van der Waals surface area contributed by atoms with Crippen molar-refractivity contribution < 1.29 is 19.2 Å². The Morgan fingerprint density at radius 3 is 2.63 bits per heavy atom. The van der Waals surface area contributed by atoms with E-state index < -0.39 is 10.9 Å². The number of nitrogens with zero attached hydrogens (tertiary/aromatic N) is 2. The molecule has 0 aliphatic heterocycles. The number of hydrogen-bond donors (Lipinski definition) is 1. The third-order valence-corrected chi connectivity index (χ3v) is 2.24. The van der Waals surface area contributed by atoms with Crippen LogP contribution in [0.15, 0.2) is 34.9 Å². The number of carboxylic acid groups (broad SMARTS) is 1. The molecule has 0 unspecified atom stereocenters. The van der Waals surface area contributed by atoms with Gasteiger partial charge in [0, 0.05) is 6.20 Å². The number of hydrogen-bond acceptors (Lipinski definition) is 5. The van der Waals surface area contributed by atoms with Gasteiger partial charge < -0.3 is 9.52 Å². The van der Waals surface area contributed by atoms with E-state index in [2.05, 4.69) is 4.98 Å². The Kier molecular flexibility index (Phi) is 3.37. The van der Waals surface area contributed by atoms with Crippen molar-refractivity contribution in [1.29, 1.82) is 0 Å². The Labute approximate surface area is 107 Å². The minimum atomic E-state index is -1.05. The van der Waals surface area contributed by atoms with E-state index in [0.717, 1.165) is 0 Å². The predicted molar refractivity (Wildman–Crippen MR) is 65.5 cm³/mol. The van der Waals surface area contributed by atoms with Crippen molar-refractivity contribution in [2.75, 3.05) is 0 Å². The molecule has 2 aromatic heterocycles. The van der Waals surface area contributed by atoms with Gasteiger partial charge >= 0.3 is 11.9 Å². The van der Waals surface area contributed by atoms with Gasteiger partial charge in [-0.15, -0.1) is 0 Å². The molecule has 0 saturated heterocycles. The number of rotatable bonds is 4. The first-order valence-electron chi connectivity index (χ1n) is 5.18. The summed E-state index contributed by atoms with van der Waals surface area (Å²) in [5.41, 5.74) is 0.606. The third-order valence-electron chi connectivity index (χ3n) is 2.24. The number of nitro groups is 1. The molecule has 0 atom stereocenters. The van der Waals surface area contributed by atoms with Gasteiger partial charge in [-0.05, 0) is 30.4 Å². The van der Waals surface area contributed by atoms with Crippen LogP contribution in [-0.4, -0.2) is 21.0 Å². The standard InChI is InChI=1S/C12H8N2O5/c15-12(16)8-1-2-9(13-7-8)3-4-10-5-6-11(19-10)14(17)18/h1-7H,(H,15,16). The molecule has 0 amide bonds. The molecule has 2 aromatic rings. The number of carbonyl (C=O) groups is 1. The maximum Gasteiger partial charge on any atom is 0.433 e. The fourth-order valence-corrected chi connectivity index (χ4v) is 1.33. The fraction of sp³-hybridized carbons (Fsp3) is 0. The smallest absolute Gasteiger partial charge is 0.433 e. The molecule has 2 rings (SSSR count). The summed E-state index contributed by atoms with van der Waals surface area (Å²) >= 11 is 0. The monoisotopic (exact) mass is 260 g/mol. The lowest BCUT2D eigenvalue weighted by molar-refractivity contribution is -0.402. The van der Waals surface area contributed by atoms with Crippen molar-refractivity contribution in [2.24, 2.45) is 0 Å². The molecule has 0 aromatic carbocycles. The Bertz CT molecular complexity index is 642. The minimum Gasteiger partial charge on any atom is -0.478 e. The van der Waals surface area contributed by atoms with Gasteiger partial charge in [0.15, 0.2) is 0 Å². The van der Waals surface area contributed by atoms with Crippen LogP contribution in [0.5, 0.6) is 0 Å². The quantitative estimate of drug-likeness (QED) is 0.668. The van der Waals surface area contributed by atoms with Crippen LogP contribution in [-0.2, 0) is 0 Å². The Morgan fingerprint density at radius 1 is 1.32 bits per heavy atom. The van der Waals surface area contributed by atoms with E-state index in [-0.39, 0.29) is 11.4 Å². The number of carboxylic acids is 1. The molecule has 0 bridgehead atoms. The largest absolute Gasteiger partial charge is 0.478 e. The normalized spacial score (nSPS) is 10.7. The first-order chi connectivity index (χ1) is 9.06. The molecule has 0 aliphatic rings. The van der Waals surface area contributed by atoms with Gasteiger partial charge in [-0.1, -0.05) is 0 Å². The van der Waals surface area contributed by atoms with E-state index in [4.69, 9.17) is 9.52 Å². The average molecular weight is 260 g/mol. The summed E-state index contributed by atoms with van der Waals surface area (Å²) in [7, 11) is 0. The zero-order valence-corrected chi connectivity index (χ0v) is 9.52. The molecule has 96 valence electrons. The zero-order valence-electron chi connectivity index (χ0n) is 9.52. The molecule has 1 N–H and O–H groups in total. The van der Waals surface area contributed by atoms with Crippen LogP contribution < -0.4 is 0 Å². The van der Waals surface area contributed by atoms with E-state index in [1.165, 1.54) is 36.5 Å². The number of furan rings is 1. The molecule has 2 heterocycles. The Hall–Kier alpha value is -2.96. The molecule has 0 spiro atoms. The van der Waals surface area contributed by atoms with E-state index in [9.17, 15) is 14.9 Å². The summed E-state index contributed by atoms with van der Waals surface area (Å²) in [4.78, 5) is 24.3. The minimum absolute atomic E-state index is 0.0887. The highest BCUT2D eigenvalue weighted by Crippen LogP contribution is 2.17. The van der Waals surface area contributed by atoms with Gasteiger partial charge in [-0.3, -0.25) is 15.1 Å². The molecule has 0 fully saturated rings. The predicted octanol–water partition coefficient (Wildman–Crippen LogP) is 2.45. The summed E-state index contributed by atoms with van der Waals surface area (Å²) in [5, 5.41) is 19.1. The van der Waals surface area contributed by atoms with E-state index in [1.807, 2.05) is 0 Å². The highest BCUT2D eigenvalue weighted by atomic mass is 16.6. The third kappa shape index (κ3) is 3.03. The summed E-state index contributed by atoms with van der Waals surface area (Å²) in [6.07, 6.45) is 4.30. The van der Waals surface area contributed by atoms with Crippen LogP contribution in [0.2, 0.25) is 0 Å². The highest BCUT2D eigenvalue weighted by Gasteiger charge is 2.09. The molecule has 7 heteroatoms. The van der Waals surface area contributed by atoms with Gasteiger partial charge in [0.05, 0.1) is 17.3 Å². The summed E-state index contributed by atoms with van der Waals surface area (Å²) < 4.78 is 4.92. The van der Waals surface area contributed by atoms with Crippen LogP contribution in [0.1, 0.15) is 21.8 Å². The first-order valence-corrected chi connectivity index (χ1v) is 5.18. The summed E-state index contributed by atoms with van der Waals surface area (Å²) in [6, 6.07) is 5.65. The maximum atomic E-state index is 10.6. The van der Waals surface area contributed by atoms with Gasteiger partial charge in [0.1, 0.15) is 10.7 Å². The van der Waals surface area contributed by atoms with Crippen molar-refractivity contribution in [3.63, 3.8) is 0 Å². The lowest BCUT2D eigenvalue weighted by Crippen LogP contribution is -1.96. The van der Waals surface area contributed by atoms with Gasteiger partial charge in [0.25, 0.3) is 0 Å². The van der Waals surface area contributed by atoms with Crippen LogP contribution >= 0.6 is 0 Å². The van der Waals surface area contributed by atoms with Gasteiger partial charge in [-0.25, -0.2) is 4.79 Å². The highest BCUT2D eigenvalue weighted by molar-refractivity contribution is 5.87. The molecule has 0 radical (unpaired) electrons. The van der Waals surface area contributed by atoms with Crippen molar-refractivity contribution in [3.05, 3.63) is 57.6 Å². The molecule has 7 nitrogen and oxygen atoms in total. The Balaban J connectivity index is 2.13. The van der Waals surface area contributed by atoms with Crippen LogP contribution in [0, 0.1) is 10.1 Å². The van der Waals surface area contributed by atoms with Crippen molar-refractivity contribution >= 4 is 24.0 Å². The van der Waals surface area contributed by atoms with E-state index in [0.29, 0.717) is 11.5 Å². The summed E-state index contributed by atoms with van der Waals surface area (Å²) in [6.45, 7) is 0. The SMILES string of the molecule is O=C(O)c1ccc(C=Cc2ccc([N+](=O)[O-])o2)nc1. The van der Waals surface area contributed by atoms with E-state index >= 15 is 0 Å². The molecular weight excluding hydrogens is 252 g/mol. The molecule has 0 aliphatic carbocycles. The number of pyridine rings is 1. The topological polar surface area (TPSA) is 106 Å². The second-order valence-corrected chi connectivity index (χ2v) is 3.54. The van der Waals surface area contributed by atoms with Crippen LogP contribution in [0.4, 0.5) is 5.88 Å². The van der Waals surface area contributed by atoms with Crippen molar-refractivity contribution in [3.8, 4) is 0 Å². The van der Waals surface area contributed by atoms with Crippen molar-refractivity contribution in [2.45, 2.75) is 0 Å². The maximum absolute atomic E-state index is 10.6. The average Bonchev–Trinajstić information content (AvgIpc) is 2.86. The van der Waals surface area contributed by atoms with Crippen LogP contribution in [0.3, 0.4) is 0 Å². The second kappa shape index (κ2) is 5.13. The first kappa shape index (κ1) is 12.5. The van der Waals surface area contributed by atoms with Crippen molar-refractivity contribution in [1.82, 2.24) is 4.98 Å². The molecule has 0 saturated carbocycles.